The molecular formula is C18H16N2O2. The minimum Gasteiger partial charge on any atom is -0.358 e. The van der Waals surface area contributed by atoms with Crippen molar-refractivity contribution in [3.8, 4) is 0 Å². The molecule has 2 aromatic carbocycles. The third-order valence-corrected chi connectivity index (χ3v) is 3.54. The van der Waals surface area contributed by atoms with Gasteiger partial charge in [-0.2, -0.15) is 0 Å². The van der Waals surface area contributed by atoms with E-state index in [2.05, 4.69) is 10.3 Å². The van der Waals surface area contributed by atoms with Crippen molar-refractivity contribution in [1.82, 2.24) is 10.3 Å². The van der Waals surface area contributed by atoms with Crippen LogP contribution in [0.2, 0.25) is 0 Å². The standard InChI is InChI=1S/C18H16N2O2/c1-12-10-16(21)14-8-5-9-15(17(14)20-12)18(22)19-11-13-6-3-2-4-7-13/h2-10H,11H2,1H3,(H,19,22)(H,20,21). The van der Waals surface area contributed by atoms with Gasteiger partial charge in [-0.3, -0.25) is 9.59 Å². The Labute approximate surface area is 127 Å². The van der Waals surface area contributed by atoms with E-state index in [1.807, 2.05) is 30.3 Å². The van der Waals surface area contributed by atoms with Gasteiger partial charge >= 0.3 is 0 Å². The van der Waals surface area contributed by atoms with Gasteiger partial charge in [0.15, 0.2) is 5.43 Å². The molecule has 0 unspecified atom stereocenters. The Kier molecular flexibility index (Phi) is 3.74. The lowest BCUT2D eigenvalue weighted by atomic mass is 10.1. The second-order valence-corrected chi connectivity index (χ2v) is 5.21. The van der Waals surface area contributed by atoms with Crippen molar-refractivity contribution in [2.45, 2.75) is 13.5 Å². The quantitative estimate of drug-likeness (QED) is 0.779. The number of fused-ring (bicyclic) bond motifs is 1. The summed E-state index contributed by atoms with van der Waals surface area (Å²) in [6.45, 7) is 2.26. The van der Waals surface area contributed by atoms with E-state index in [4.69, 9.17) is 0 Å². The fraction of sp³-hybridized carbons (Fsp3) is 0.111. The van der Waals surface area contributed by atoms with Crippen molar-refractivity contribution in [2.24, 2.45) is 0 Å². The predicted octanol–water partition coefficient (Wildman–Crippen LogP) is 2.77. The number of benzene rings is 2. The van der Waals surface area contributed by atoms with E-state index < -0.39 is 0 Å². The van der Waals surface area contributed by atoms with Crippen molar-refractivity contribution in [3.05, 3.63) is 81.6 Å². The van der Waals surface area contributed by atoms with Crippen molar-refractivity contribution in [1.29, 1.82) is 0 Å². The first kappa shape index (κ1) is 14.1. The Morgan fingerprint density at radius 3 is 2.64 bits per heavy atom. The first-order valence-electron chi connectivity index (χ1n) is 7.10. The highest BCUT2D eigenvalue weighted by atomic mass is 16.1. The first-order valence-corrected chi connectivity index (χ1v) is 7.10. The van der Waals surface area contributed by atoms with Gasteiger partial charge in [-0.1, -0.05) is 36.4 Å². The Bertz CT molecular complexity index is 882. The number of hydrogen-bond acceptors (Lipinski definition) is 2. The summed E-state index contributed by atoms with van der Waals surface area (Å²) >= 11 is 0. The minimum atomic E-state index is -0.198. The molecule has 1 amide bonds. The molecule has 0 saturated carbocycles. The maximum Gasteiger partial charge on any atom is 0.253 e. The molecule has 1 heterocycles. The van der Waals surface area contributed by atoms with Crippen LogP contribution in [0.3, 0.4) is 0 Å². The lowest BCUT2D eigenvalue weighted by Gasteiger charge is -2.09. The van der Waals surface area contributed by atoms with Crippen LogP contribution in [0.25, 0.3) is 10.9 Å². The van der Waals surface area contributed by atoms with Crippen LogP contribution in [0.1, 0.15) is 21.6 Å². The molecule has 110 valence electrons. The topological polar surface area (TPSA) is 62.0 Å². The minimum absolute atomic E-state index is 0.0797. The van der Waals surface area contributed by atoms with E-state index in [9.17, 15) is 9.59 Å². The molecule has 3 rings (SSSR count). The van der Waals surface area contributed by atoms with Crippen LogP contribution in [0.5, 0.6) is 0 Å². The molecule has 0 aliphatic rings. The third-order valence-electron chi connectivity index (χ3n) is 3.54. The fourth-order valence-corrected chi connectivity index (χ4v) is 2.46. The summed E-state index contributed by atoms with van der Waals surface area (Å²) in [5.41, 5.74) is 2.75. The SMILES string of the molecule is Cc1cc(=O)c2cccc(C(=O)NCc3ccccc3)c2[nH]1. The predicted molar refractivity (Wildman–Crippen MR) is 86.9 cm³/mol. The molecular weight excluding hydrogens is 276 g/mol. The van der Waals surface area contributed by atoms with E-state index in [0.29, 0.717) is 23.0 Å². The molecule has 0 fully saturated rings. The number of amides is 1. The summed E-state index contributed by atoms with van der Waals surface area (Å²) in [5, 5.41) is 3.41. The highest BCUT2D eigenvalue weighted by Crippen LogP contribution is 2.14. The molecule has 0 bridgehead atoms. The smallest absolute Gasteiger partial charge is 0.253 e. The lowest BCUT2D eigenvalue weighted by Crippen LogP contribution is -2.23. The maximum absolute atomic E-state index is 12.4. The van der Waals surface area contributed by atoms with Crippen LogP contribution < -0.4 is 10.7 Å². The number of pyridine rings is 1. The number of rotatable bonds is 3. The van der Waals surface area contributed by atoms with Crippen LogP contribution in [0.4, 0.5) is 0 Å². The highest BCUT2D eigenvalue weighted by molar-refractivity contribution is 6.05. The largest absolute Gasteiger partial charge is 0.358 e. The third kappa shape index (κ3) is 2.76. The van der Waals surface area contributed by atoms with Crippen LogP contribution in [0, 0.1) is 6.92 Å². The van der Waals surface area contributed by atoms with Gasteiger partial charge in [0, 0.05) is 23.7 Å². The zero-order chi connectivity index (χ0) is 15.5. The van der Waals surface area contributed by atoms with Crippen LogP contribution in [-0.4, -0.2) is 10.9 Å². The van der Waals surface area contributed by atoms with Crippen LogP contribution in [0.15, 0.2) is 59.4 Å². The molecule has 22 heavy (non-hydrogen) atoms. The number of aromatic nitrogens is 1. The molecule has 0 spiro atoms. The lowest BCUT2D eigenvalue weighted by molar-refractivity contribution is 0.0952. The normalized spacial score (nSPS) is 10.6. The van der Waals surface area contributed by atoms with Crippen LogP contribution in [-0.2, 0) is 6.54 Å². The molecule has 0 aliphatic carbocycles. The summed E-state index contributed by atoms with van der Waals surface area (Å²) in [5.74, 6) is -0.198. The van der Waals surface area contributed by atoms with E-state index >= 15 is 0 Å². The van der Waals surface area contributed by atoms with E-state index in [0.717, 1.165) is 11.3 Å². The van der Waals surface area contributed by atoms with Crippen LogP contribution >= 0.6 is 0 Å². The zero-order valence-corrected chi connectivity index (χ0v) is 12.2. The van der Waals surface area contributed by atoms with Gasteiger partial charge in [0.2, 0.25) is 0 Å². The molecule has 0 atom stereocenters. The number of nitrogens with one attached hydrogen (secondary N) is 2. The van der Waals surface area contributed by atoms with Gasteiger partial charge in [-0.25, -0.2) is 0 Å². The molecule has 0 aliphatic heterocycles. The zero-order valence-electron chi connectivity index (χ0n) is 12.2. The number of aryl methyl sites for hydroxylation is 1. The van der Waals surface area contributed by atoms with E-state index in [1.54, 1.807) is 25.1 Å². The average Bonchev–Trinajstić information content (AvgIpc) is 2.53. The van der Waals surface area contributed by atoms with Crippen molar-refractivity contribution in [2.75, 3.05) is 0 Å². The number of carbonyl (C=O) groups excluding carboxylic acids is 1. The molecule has 4 heteroatoms. The molecule has 0 saturated heterocycles. The summed E-state index contributed by atoms with van der Waals surface area (Å²) < 4.78 is 0. The summed E-state index contributed by atoms with van der Waals surface area (Å²) in [7, 11) is 0. The number of H-pyrrole nitrogens is 1. The van der Waals surface area contributed by atoms with Gasteiger partial charge in [-0.15, -0.1) is 0 Å². The Balaban J connectivity index is 1.93. The second kappa shape index (κ2) is 5.85. The van der Waals surface area contributed by atoms with Gasteiger partial charge in [0.05, 0.1) is 11.1 Å². The first-order chi connectivity index (χ1) is 10.6. The highest BCUT2D eigenvalue weighted by Gasteiger charge is 2.12. The van der Waals surface area contributed by atoms with Gasteiger partial charge in [0.1, 0.15) is 0 Å². The van der Waals surface area contributed by atoms with Gasteiger partial charge < -0.3 is 10.3 Å². The average molecular weight is 292 g/mol. The fourth-order valence-electron chi connectivity index (χ4n) is 2.46. The number of hydrogen-bond donors (Lipinski definition) is 2. The Morgan fingerprint density at radius 2 is 1.86 bits per heavy atom. The number of carbonyl (C=O) groups is 1. The number of aromatic amines is 1. The van der Waals surface area contributed by atoms with Gasteiger partial charge in [0.25, 0.3) is 5.91 Å². The van der Waals surface area contributed by atoms with Crippen molar-refractivity contribution in [3.63, 3.8) is 0 Å². The Morgan fingerprint density at radius 1 is 1.09 bits per heavy atom. The van der Waals surface area contributed by atoms with E-state index in [1.165, 1.54) is 6.07 Å². The molecule has 2 N–H and O–H groups in total. The van der Waals surface area contributed by atoms with E-state index in [-0.39, 0.29) is 11.3 Å². The van der Waals surface area contributed by atoms with Crippen molar-refractivity contribution >= 4 is 16.8 Å². The molecule has 1 aromatic heterocycles. The maximum atomic E-state index is 12.4. The Hall–Kier alpha value is -2.88. The summed E-state index contributed by atoms with van der Waals surface area (Å²) in [4.78, 5) is 27.5. The molecule has 4 nitrogen and oxygen atoms in total. The van der Waals surface area contributed by atoms with Gasteiger partial charge in [-0.05, 0) is 24.6 Å². The summed E-state index contributed by atoms with van der Waals surface area (Å²) in [6.07, 6.45) is 0. The molecule has 0 radical (unpaired) electrons. The summed E-state index contributed by atoms with van der Waals surface area (Å²) in [6, 6.07) is 16.4. The monoisotopic (exact) mass is 292 g/mol. The second-order valence-electron chi connectivity index (χ2n) is 5.21. The molecule has 3 aromatic rings. The number of para-hydroxylation sites is 1. The van der Waals surface area contributed by atoms with Crippen molar-refractivity contribution < 1.29 is 4.79 Å².